The average molecular weight is 497 g/mol. The van der Waals surface area contributed by atoms with E-state index in [1.165, 1.54) is 70.6 Å². The lowest BCUT2D eigenvalue weighted by Gasteiger charge is -2.58. The van der Waals surface area contributed by atoms with E-state index in [0.717, 1.165) is 39.4 Å². The summed E-state index contributed by atoms with van der Waals surface area (Å²) in [4.78, 5) is 0. The number of alkyl halides is 1. The van der Waals surface area contributed by atoms with E-state index in [9.17, 15) is 0 Å². The molecule has 8 atom stereocenters. The summed E-state index contributed by atoms with van der Waals surface area (Å²) in [6, 6.07) is 0. The quantitative estimate of drug-likeness (QED) is 0.203. The molecule has 0 N–H and O–H groups in total. The van der Waals surface area contributed by atoms with Crippen LogP contribution < -0.4 is 0 Å². The zero-order valence-corrected chi connectivity index (χ0v) is 21.4. The fraction of sp³-hybridized carbons (Fsp3) is 0.926. The Kier molecular flexibility index (Phi) is 6.35. The third kappa shape index (κ3) is 3.66. The average Bonchev–Trinajstić information content (AvgIpc) is 2.99. The maximum atomic E-state index is 2.75. The van der Waals surface area contributed by atoms with Crippen molar-refractivity contribution in [3.05, 3.63) is 11.6 Å². The Labute approximate surface area is 189 Å². The zero-order chi connectivity index (χ0) is 20.1. The van der Waals surface area contributed by atoms with E-state index in [1.54, 1.807) is 0 Å². The number of hydrogen-bond donors (Lipinski definition) is 0. The molecule has 4 rings (SSSR count). The summed E-state index contributed by atoms with van der Waals surface area (Å²) in [6.45, 7) is 12.8. The Bertz CT molecular complexity index is 591. The first kappa shape index (κ1) is 21.7. The van der Waals surface area contributed by atoms with Crippen LogP contribution in [0.1, 0.15) is 105 Å². The summed E-state index contributed by atoms with van der Waals surface area (Å²) in [5, 5.41) is 0. The highest BCUT2D eigenvalue weighted by atomic mass is 127. The molecule has 0 aromatic carbocycles. The van der Waals surface area contributed by atoms with Crippen molar-refractivity contribution in [3.8, 4) is 0 Å². The summed E-state index contributed by atoms with van der Waals surface area (Å²) < 4.78 is 0.893. The van der Waals surface area contributed by atoms with Crippen LogP contribution in [-0.4, -0.2) is 3.92 Å². The van der Waals surface area contributed by atoms with E-state index in [2.05, 4.69) is 63.3 Å². The third-order valence-corrected chi connectivity index (χ3v) is 11.3. The van der Waals surface area contributed by atoms with Crippen molar-refractivity contribution >= 4 is 22.6 Å². The van der Waals surface area contributed by atoms with Gasteiger partial charge in [0, 0.05) is 3.92 Å². The van der Waals surface area contributed by atoms with E-state index in [1.807, 2.05) is 5.57 Å². The molecule has 1 heteroatoms. The smallest absolute Gasteiger partial charge is 0.0147 e. The fourth-order valence-electron chi connectivity index (χ4n) is 8.64. The summed E-state index contributed by atoms with van der Waals surface area (Å²) in [5.74, 6) is 5.79. The molecule has 0 amide bonds. The van der Waals surface area contributed by atoms with Crippen LogP contribution in [0.3, 0.4) is 0 Å². The van der Waals surface area contributed by atoms with Crippen LogP contribution in [0.2, 0.25) is 0 Å². The largest absolute Gasteiger partial charge is 0.0844 e. The number of rotatable bonds is 5. The van der Waals surface area contributed by atoms with Gasteiger partial charge in [0.25, 0.3) is 0 Å². The van der Waals surface area contributed by atoms with Gasteiger partial charge in [-0.05, 0) is 97.7 Å². The van der Waals surface area contributed by atoms with Crippen molar-refractivity contribution < 1.29 is 0 Å². The topological polar surface area (TPSA) is 0 Å². The predicted octanol–water partition coefficient (Wildman–Crippen LogP) is 8.83. The molecule has 0 heterocycles. The molecule has 160 valence electrons. The van der Waals surface area contributed by atoms with Crippen LogP contribution in [0.5, 0.6) is 0 Å². The van der Waals surface area contributed by atoms with E-state index in [0.29, 0.717) is 10.8 Å². The van der Waals surface area contributed by atoms with Gasteiger partial charge in [0.05, 0.1) is 0 Å². The van der Waals surface area contributed by atoms with Crippen molar-refractivity contribution in [1.29, 1.82) is 0 Å². The second-order valence-electron chi connectivity index (χ2n) is 12.1. The molecule has 4 aliphatic carbocycles. The van der Waals surface area contributed by atoms with Gasteiger partial charge in [0.2, 0.25) is 0 Å². The zero-order valence-electron chi connectivity index (χ0n) is 19.3. The van der Waals surface area contributed by atoms with Gasteiger partial charge in [-0.3, -0.25) is 0 Å². The van der Waals surface area contributed by atoms with Crippen LogP contribution in [-0.2, 0) is 0 Å². The first-order valence-electron chi connectivity index (χ1n) is 12.6. The standard InChI is InChI=1S/C27H45I/c1-18(2)7-6-8-19(3)23-11-12-24-22-10-9-20-17-21(28)13-15-26(20,4)25(22)14-16-27(23,24)5/h9,18-19,21-25H,6-8,10-17H2,1-5H3/t19-,21+,22-,23+,24-,25-,26+,27+/m1/s1. The highest BCUT2D eigenvalue weighted by Gasteiger charge is 2.58. The van der Waals surface area contributed by atoms with Gasteiger partial charge in [-0.1, -0.05) is 88.1 Å². The molecular weight excluding hydrogens is 451 g/mol. The van der Waals surface area contributed by atoms with Gasteiger partial charge in [0.1, 0.15) is 0 Å². The summed E-state index contributed by atoms with van der Waals surface area (Å²) in [6.07, 6.45) is 18.9. The number of fused-ring (bicyclic) bond motifs is 5. The molecule has 0 saturated heterocycles. The first-order valence-corrected chi connectivity index (χ1v) is 13.8. The van der Waals surface area contributed by atoms with Crippen LogP contribution in [0.25, 0.3) is 0 Å². The maximum absolute atomic E-state index is 2.75. The van der Waals surface area contributed by atoms with Gasteiger partial charge in [-0.2, -0.15) is 0 Å². The second-order valence-corrected chi connectivity index (χ2v) is 13.9. The number of allylic oxidation sites excluding steroid dienone is 2. The van der Waals surface area contributed by atoms with Gasteiger partial charge in [-0.25, -0.2) is 0 Å². The van der Waals surface area contributed by atoms with Crippen LogP contribution >= 0.6 is 22.6 Å². The van der Waals surface area contributed by atoms with Crippen molar-refractivity contribution in [3.63, 3.8) is 0 Å². The number of hydrogen-bond acceptors (Lipinski definition) is 0. The molecule has 0 spiro atoms. The molecule has 0 radical (unpaired) electrons. The SMILES string of the molecule is CC(C)CCC[C@@H](C)[C@@H]1CC[C@@H]2[C@H]3CC=C4C[C@@H](I)CC[C@]4(C)[C@@H]3CC[C@]21C. The maximum Gasteiger partial charge on any atom is 0.0147 e. The Morgan fingerprint density at radius 1 is 1.00 bits per heavy atom. The molecule has 0 nitrogen and oxygen atoms in total. The molecule has 3 saturated carbocycles. The Morgan fingerprint density at radius 2 is 1.79 bits per heavy atom. The van der Waals surface area contributed by atoms with Gasteiger partial charge in [-0.15, -0.1) is 0 Å². The van der Waals surface area contributed by atoms with E-state index < -0.39 is 0 Å². The van der Waals surface area contributed by atoms with Gasteiger partial charge < -0.3 is 0 Å². The lowest BCUT2D eigenvalue weighted by molar-refractivity contribution is -0.0495. The fourth-order valence-corrected chi connectivity index (χ4v) is 9.43. The van der Waals surface area contributed by atoms with Crippen LogP contribution in [0, 0.1) is 46.3 Å². The molecule has 3 fully saturated rings. The predicted molar refractivity (Wildman–Crippen MR) is 131 cm³/mol. The monoisotopic (exact) mass is 496 g/mol. The first-order chi connectivity index (χ1) is 13.3. The summed E-state index contributed by atoms with van der Waals surface area (Å²) >= 11 is 2.71. The van der Waals surface area contributed by atoms with Crippen LogP contribution in [0.15, 0.2) is 11.6 Å². The van der Waals surface area contributed by atoms with Gasteiger partial charge >= 0.3 is 0 Å². The highest BCUT2D eigenvalue weighted by molar-refractivity contribution is 14.1. The molecule has 0 aliphatic heterocycles. The van der Waals surface area contributed by atoms with Crippen molar-refractivity contribution in [2.45, 2.75) is 109 Å². The molecule has 0 aromatic rings. The second kappa shape index (κ2) is 8.19. The Hall–Kier alpha value is 0.470. The van der Waals surface area contributed by atoms with Crippen molar-refractivity contribution in [2.75, 3.05) is 0 Å². The summed E-state index contributed by atoms with van der Waals surface area (Å²) in [7, 11) is 0. The van der Waals surface area contributed by atoms with E-state index in [-0.39, 0.29) is 0 Å². The van der Waals surface area contributed by atoms with Gasteiger partial charge in [0.15, 0.2) is 0 Å². The van der Waals surface area contributed by atoms with E-state index >= 15 is 0 Å². The molecule has 28 heavy (non-hydrogen) atoms. The lowest BCUT2D eigenvalue weighted by atomic mass is 9.47. The minimum atomic E-state index is 0.548. The molecule has 0 unspecified atom stereocenters. The van der Waals surface area contributed by atoms with Crippen LogP contribution in [0.4, 0.5) is 0 Å². The number of halogens is 1. The summed E-state index contributed by atoms with van der Waals surface area (Å²) in [5.41, 5.74) is 3.05. The molecule has 4 aliphatic rings. The normalized spacial score (nSPS) is 46.5. The molecule has 0 bridgehead atoms. The van der Waals surface area contributed by atoms with Crippen molar-refractivity contribution in [1.82, 2.24) is 0 Å². The van der Waals surface area contributed by atoms with E-state index in [4.69, 9.17) is 0 Å². The highest BCUT2D eigenvalue weighted by Crippen LogP contribution is 2.67. The van der Waals surface area contributed by atoms with Crippen molar-refractivity contribution in [2.24, 2.45) is 46.3 Å². The molecular formula is C27H45I. The Morgan fingerprint density at radius 3 is 2.54 bits per heavy atom. The minimum absolute atomic E-state index is 0.548. The minimum Gasteiger partial charge on any atom is -0.0844 e. The lowest BCUT2D eigenvalue weighted by Crippen LogP contribution is -2.50. The Balaban J connectivity index is 1.49. The third-order valence-electron chi connectivity index (χ3n) is 10.2. The molecule has 0 aromatic heterocycles.